The Morgan fingerprint density at radius 2 is 2.33 bits per heavy atom. The summed E-state index contributed by atoms with van der Waals surface area (Å²) in [4.78, 5) is 8.31. The van der Waals surface area contributed by atoms with Crippen molar-refractivity contribution in [2.24, 2.45) is 0 Å². The lowest BCUT2D eigenvalue weighted by Crippen LogP contribution is -2.26. The van der Waals surface area contributed by atoms with Gasteiger partial charge in [-0.05, 0) is 22.4 Å². The van der Waals surface area contributed by atoms with Crippen molar-refractivity contribution < 1.29 is 10.0 Å². The Labute approximate surface area is 61.1 Å². The van der Waals surface area contributed by atoms with Crippen LogP contribution in [-0.4, -0.2) is 21.1 Å². The minimum absolute atomic E-state index is 0.386. The number of nitrogens with zero attached hydrogens (tertiary/aromatic N) is 1. The van der Waals surface area contributed by atoms with Gasteiger partial charge in [0.2, 0.25) is 0 Å². The third kappa shape index (κ3) is 2.76. The van der Waals surface area contributed by atoms with E-state index in [1.165, 1.54) is 0 Å². The Bertz CT molecular complexity index is 108. The molecule has 54 valence electrons. The maximum Gasteiger partial charge on any atom is 0.291 e. The quantitative estimate of drug-likeness (QED) is 0.315. The van der Waals surface area contributed by atoms with Gasteiger partial charge in [-0.25, -0.2) is 0 Å². The minimum Gasteiger partial charge on any atom is -0.385 e. The van der Waals surface area contributed by atoms with E-state index in [1.807, 2.05) is 0 Å². The largest absolute Gasteiger partial charge is 0.385 e. The summed E-state index contributed by atoms with van der Waals surface area (Å²) in [7, 11) is 0. The molecule has 0 aromatic heterocycles. The smallest absolute Gasteiger partial charge is 0.291 e. The van der Waals surface area contributed by atoms with Gasteiger partial charge < -0.3 is 5.11 Å². The van der Waals surface area contributed by atoms with Gasteiger partial charge in [-0.3, -0.25) is 10.1 Å². The van der Waals surface area contributed by atoms with Crippen LogP contribution in [-0.2, 0) is 0 Å². The van der Waals surface area contributed by atoms with E-state index in [4.69, 9.17) is 5.11 Å². The summed E-state index contributed by atoms with van der Waals surface area (Å²) in [5.74, 6) is 0. The van der Waals surface area contributed by atoms with Gasteiger partial charge in [0, 0.05) is 4.92 Å². The third-order valence-electron chi connectivity index (χ3n) is 0.937. The predicted octanol–water partition coefficient (Wildman–Crippen LogP) is 0.755. The zero-order valence-electron chi connectivity index (χ0n) is 4.95. The van der Waals surface area contributed by atoms with Crippen molar-refractivity contribution in [2.45, 2.75) is 24.4 Å². The number of hydrogen-bond acceptors (Lipinski definition) is 3. The van der Waals surface area contributed by atoms with Crippen LogP contribution in [0, 0.1) is 10.1 Å². The van der Waals surface area contributed by atoms with Crippen molar-refractivity contribution in [3.05, 3.63) is 10.1 Å². The van der Waals surface area contributed by atoms with Crippen LogP contribution < -0.4 is 0 Å². The van der Waals surface area contributed by atoms with Gasteiger partial charge in [-0.1, -0.05) is 6.92 Å². The number of rotatable bonds is 3. The average molecular weight is 198 g/mol. The molecule has 0 aromatic rings. The first-order chi connectivity index (χ1) is 4.09. The standard InChI is InChI=1S/C4H8BrNO3/c1-2-3(7)4(5)6(8)9/h3-4,7H,2H2,1H3. The maximum absolute atomic E-state index is 9.90. The number of nitro groups is 1. The first kappa shape index (κ1) is 8.84. The zero-order valence-corrected chi connectivity index (χ0v) is 6.54. The fraction of sp³-hybridized carbons (Fsp3) is 1.00. The Kier molecular flexibility index (Phi) is 3.72. The van der Waals surface area contributed by atoms with Crippen LogP contribution in [0.5, 0.6) is 0 Å². The SMILES string of the molecule is CCC(O)C(Br)[N+](=O)[O-]. The molecule has 0 fully saturated rings. The van der Waals surface area contributed by atoms with E-state index < -0.39 is 16.0 Å². The lowest BCUT2D eigenvalue weighted by Gasteiger charge is -2.06. The highest BCUT2D eigenvalue weighted by Crippen LogP contribution is 2.08. The summed E-state index contributed by atoms with van der Waals surface area (Å²) < 4.78 is 0. The molecular formula is C4H8BrNO3. The zero-order chi connectivity index (χ0) is 7.44. The van der Waals surface area contributed by atoms with E-state index >= 15 is 0 Å². The van der Waals surface area contributed by atoms with Crippen molar-refractivity contribution in [2.75, 3.05) is 0 Å². The van der Waals surface area contributed by atoms with Gasteiger partial charge in [-0.2, -0.15) is 0 Å². The van der Waals surface area contributed by atoms with Gasteiger partial charge in [0.25, 0.3) is 4.95 Å². The minimum atomic E-state index is -1.03. The van der Waals surface area contributed by atoms with Gasteiger partial charge >= 0.3 is 0 Å². The summed E-state index contributed by atoms with van der Waals surface area (Å²) in [6.45, 7) is 1.68. The van der Waals surface area contributed by atoms with Crippen LogP contribution in [0.25, 0.3) is 0 Å². The monoisotopic (exact) mass is 197 g/mol. The normalized spacial score (nSPS) is 16.8. The van der Waals surface area contributed by atoms with Crippen LogP contribution in [0.3, 0.4) is 0 Å². The Morgan fingerprint density at radius 1 is 1.89 bits per heavy atom. The molecule has 0 aliphatic carbocycles. The van der Waals surface area contributed by atoms with Crippen molar-refractivity contribution in [3.63, 3.8) is 0 Å². The molecule has 0 aromatic carbocycles. The van der Waals surface area contributed by atoms with Gasteiger partial charge in [-0.15, -0.1) is 0 Å². The first-order valence-corrected chi connectivity index (χ1v) is 3.46. The van der Waals surface area contributed by atoms with E-state index in [1.54, 1.807) is 6.92 Å². The molecule has 9 heavy (non-hydrogen) atoms. The van der Waals surface area contributed by atoms with Crippen molar-refractivity contribution in [3.8, 4) is 0 Å². The number of aliphatic hydroxyl groups excluding tert-OH is 1. The second kappa shape index (κ2) is 3.79. The molecule has 0 aliphatic rings. The van der Waals surface area contributed by atoms with E-state index in [-0.39, 0.29) is 0 Å². The molecule has 2 atom stereocenters. The lowest BCUT2D eigenvalue weighted by molar-refractivity contribution is -0.503. The molecule has 0 rings (SSSR count). The lowest BCUT2D eigenvalue weighted by atomic mass is 10.3. The van der Waals surface area contributed by atoms with Crippen molar-refractivity contribution in [1.82, 2.24) is 0 Å². The molecule has 0 amide bonds. The van der Waals surface area contributed by atoms with Gasteiger partial charge in [0.05, 0.1) is 0 Å². The molecule has 1 N–H and O–H groups in total. The van der Waals surface area contributed by atoms with Crippen LogP contribution in [0.15, 0.2) is 0 Å². The van der Waals surface area contributed by atoms with E-state index in [0.29, 0.717) is 6.42 Å². The molecule has 4 nitrogen and oxygen atoms in total. The highest BCUT2D eigenvalue weighted by atomic mass is 79.9. The van der Waals surface area contributed by atoms with E-state index in [9.17, 15) is 10.1 Å². The summed E-state index contributed by atoms with van der Waals surface area (Å²) in [5.41, 5.74) is 0. The number of aliphatic hydroxyl groups is 1. The molecule has 0 saturated heterocycles. The Balaban J connectivity index is 3.72. The molecular weight excluding hydrogens is 190 g/mol. The van der Waals surface area contributed by atoms with Gasteiger partial charge in [0.15, 0.2) is 0 Å². The Hall–Kier alpha value is -0.160. The molecule has 0 bridgehead atoms. The predicted molar refractivity (Wildman–Crippen MR) is 36.0 cm³/mol. The van der Waals surface area contributed by atoms with Crippen LogP contribution in [0.4, 0.5) is 0 Å². The third-order valence-corrected chi connectivity index (χ3v) is 1.88. The van der Waals surface area contributed by atoms with E-state index in [0.717, 1.165) is 0 Å². The van der Waals surface area contributed by atoms with Gasteiger partial charge in [0.1, 0.15) is 6.10 Å². The summed E-state index contributed by atoms with van der Waals surface area (Å²) in [6.07, 6.45) is -0.503. The second-order valence-corrected chi connectivity index (χ2v) is 2.57. The molecule has 0 saturated carbocycles. The highest BCUT2D eigenvalue weighted by molar-refractivity contribution is 9.09. The molecule has 2 unspecified atom stereocenters. The topological polar surface area (TPSA) is 63.4 Å². The molecule has 0 aliphatic heterocycles. The fourth-order valence-electron chi connectivity index (χ4n) is 0.335. The summed E-state index contributed by atoms with van der Waals surface area (Å²) >= 11 is 2.72. The van der Waals surface area contributed by atoms with E-state index in [2.05, 4.69) is 15.9 Å². The summed E-state index contributed by atoms with van der Waals surface area (Å²) in [6, 6.07) is 0. The average Bonchev–Trinajstić information content (AvgIpc) is 1.84. The number of hydrogen-bond donors (Lipinski definition) is 1. The maximum atomic E-state index is 9.90. The fourth-order valence-corrected chi connectivity index (χ4v) is 0.709. The van der Waals surface area contributed by atoms with Crippen LogP contribution >= 0.6 is 15.9 Å². The number of alkyl halides is 1. The number of halogens is 1. The van der Waals surface area contributed by atoms with Crippen LogP contribution in [0.2, 0.25) is 0 Å². The van der Waals surface area contributed by atoms with Crippen molar-refractivity contribution in [1.29, 1.82) is 0 Å². The Morgan fingerprint density at radius 3 is 2.44 bits per heavy atom. The highest BCUT2D eigenvalue weighted by Gasteiger charge is 2.23. The first-order valence-electron chi connectivity index (χ1n) is 2.55. The second-order valence-electron chi connectivity index (χ2n) is 1.63. The molecule has 0 heterocycles. The van der Waals surface area contributed by atoms with Crippen molar-refractivity contribution >= 4 is 15.9 Å². The molecule has 5 heteroatoms. The molecule has 0 spiro atoms. The summed E-state index contributed by atoms with van der Waals surface area (Å²) in [5, 5.41) is 18.7. The molecule has 0 radical (unpaired) electrons. The van der Waals surface area contributed by atoms with Crippen LogP contribution in [0.1, 0.15) is 13.3 Å².